The SMILES string of the molecule is C=CCOc1ccc(-c2noc(-c3ccc(F)cc3)n2)cc1. The van der Waals surface area contributed by atoms with E-state index in [-0.39, 0.29) is 5.82 Å². The van der Waals surface area contributed by atoms with Crippen LogP contribution in [0.25, 0.3) is 22.8 Å². The van der Waals surface area contributed by atoms with Gasteiger partial charge in [0.05, 0.1) is 0 Å². The quantitative estimate of drug-likeness (QED) is 0.665. The molecule has 0 saturated carbocycles. The Morgan fingerprint density at radius 1 is 1.05 bits per heavy atom. The lowest BCUT2D eigenvalue weighted by atomic mass is 10.2. The second-order valence-corrected chi connectivity index (χ2v) is 4.55. The maximum absolute atomic E-state index is 12.9. The normalized spacial score (nSPS) is 10.4. The van der Waals surface area contributed by atoms with Gasteiger partial charge in [-0.1, -0.05) is 17.8 Å². The summed E-state index contributed by atoms with van der Waals surface area (Å²) in [5.41, 5.74) is 1.48. The molecule has 0 aliphatic heterocycles. The lowest BCUT2D eigenvalue weighted by Crippen LogP contribution is -1.92. The third-order valence-corrected chi connectivity index (χ3v) is 3.00. The van der Waals surface area contributed by atoms with Crippen molar-refractivity contribution in [3.05, 3.63) is 67.0 Å². The highest BCUT2D eigenvalue weighted by molar-refractivity contribution is 5.60. The van der Waals surface area contributed by atoms with Crippen LogP contribution in [0.5, 0.6) is 5.75 Å². The zero-order chi connectivity index (χ0) is 15.4. The van der Waals surface area contributed by atoms with E-state index in [1.807, 2.05) is 24.3 Å². The van der Waals surface area contributed by atoms with Gasteiger partial charge < -0.3 is 9.26 Å². The number of rotatable bonds is 5. The van der Waals surface area contributed by atoms with E-state index in [1.54, 1.807) is 18.2 Å². The molecule has 0 radical (unpaired) electrons. The fraction of sp³-hybridized carbons (Fsp3) is 0.0588. The van der Waals surface area contributed by atoms with Crippen molar-refractivity contribution in [3.63, 3.8) is 0 Å². The molecule has 0 saturated heterocycles. The number of nitrogens with zero attached hydrogens (tertiary/aromatic N) is 2. The van der Waals surface area contributed by atoms with E-state index in [1.165, 1.54) is 12.1 Å². The number of halogens is 1. The molecule has 0 aliphatic carbocycles. The minimum atomic E-state index is -0.307. The summed E-state index contributed by atoms with van der Waals surface area (Å²) < 4.78 is 23.5. The van der Waals surface area contributed by atoms with Crippen LogP contribution in [0.3, 0.4) is 0 Å². The Balaban J connectivity index is 1.81. The van der Waals surface area contributed by atoms with Crippen molar-refractivity contribution in [3.8, 4) is 28.6 Å². The number of aromatic nitrogens is 2. The molecular formula is C17H13FN2O2. The predicted molar refractivity (Wildman–Crippen MR) is 80.8 cm³/mol. The number of hydrogen-bond acceptors (Lipinski definition) is 4. The molecule has 3 aromatic rings. The van der Waals surface area contributed by atoms with Gasteiger partial charge in [-0.15, -0.1) is 0 Å². The molecular weight excluding hydrogens is 283 g/mol. The Kier molecular flexibility index (Phi) is 3.96. The van der Waals surface area contributed by atoms with Crippen LogP contribution in [0.1, 0.15) is 0 Å². The number of benzene rings is 2. The van der Waals surface area contributed by atoms with Gasteiger partial charge in [0.1, 0.15) is 18.2 Å². The molecule has 5 heteroatoms. The smallest absolute Gasteiger partial charge is 0.258 e. The highest BCUT2D eigenvalue weighted by Gasteiger charge is 2.10. The fourth-order valence-electron chi connectivity index (χ4n) is 1.91. The fourth-order valence-corrected chi connectivity index (χ4v) is 1.91. The van der Waals surface area contributed by atoms with Crippen LogP contribution in [-0.2, 0) is 0 Å². The lowest BCUT2D eigenvalue weighted by molar-refractivity contribution is 0.363. The number of ether oxygens (including phenoxy) is 1. The molecule has 2 aromatic carbocycles. The first-order valence-electron chi connectivity index (χ1n) is 6.70. The maximum Gasteiger partial charge on any atom is 0.258 e. The Morgan fingerprint density at radius 2 is 1.73 bits per heavy atom. The summed E-state index contributed by atoms with van der Waals surface area (Å²) in [6, 6.07) is 13.2. The van der Waals surface area contributed by atoms with E-state index in [0.717, 1.165) is 11.3 Å². The first-order chi connectivity index (χ1) is 10.8. The zero-order valence-corrected chi connectivity index (χ0v) is 11.7. The second-order valence-electron chi connectivity index (χ2n) is 4.55. The molecule has 1 aromatic heterocycles. The average Bonchev–Trinajstić information content (AvgIpc) is 3.04. The molecule has 22 heavy (non-hydrogen) atoms. The van der Waals surface area contributed by atoms with Gasteiger partial charge in [0.15, 0.2) is 0 Å². The van der Waals surface area contributed by atoms with Crippen molar-refractivity contribution in [2.24, 2.45) is 0 Å². The van der Waals surface area contributed by atoms with E-state index in [4.69, 9.17) is 9.26 Å². The monoisotopic (exact) mass is 296 g/mol. The van der Waals surface area contributed by atoms with E-state index < -0.39 is 0 Å². The van der Waals surface area contributed by atoms with Gasteiger partial charge in [-0.05, 0) is 48.5 Å². The van der Waals surface area contributed by atoms with E-state index in [2.05, 4.69) is 16.7 Å². The molecule has 0 spiro atoms. The Morgan fingerprint density at radius 3 is 2.41 bits per heavy atom. The minimum absolute atomic E-state index is 0.307. The first-order valence-corrected chi connectivity index (χ1v) is 6.70. The Labute approximate surface area is 126 Å². The van der Waals surface area contributed by atoms with Crippen LogP contribution in [-0.4, -0.2) is 16.7 Å². The first kappa shape index (κ1) is 14.0. The molecule has 0 bridgehead atoms. The summed E-state index contributed by atoms with van der Waals surface area (Å²) in [7, 11) is 0. The van der Waals surface area contributed by atoms with Crippen LogP contribution in [0.15, 0.2) is 65.7 Å². The minimum Gasteiger partial charge on any atom is -0.490 e. The van der Waals surface area contributed by atoms with Gasteiger partial charge in [-0.25, -0.2) is 4.39 Å². The van der Waals surface area contributed by atoms with Gasteiger partial charge in [0, 0.05) is 11.1 Å². The number of hydrogen-bond donors (Lipinski definition) is 0. The van der Waals surface area contributed by atoms with Crippen LogP contribution in [0, 0.1) is 5.82 Å². The van der Waals surface area contributed by atoms with Crippen LogP contribution >= 0.6 is 0 Å². The van der Waals surface area contributed by atoms with Gasteiger partial charge in [-0.3, -0.25) is 0 Å². The van der Waals surface area contributed by atoms with Gasteiger partial charge >= 0.3 is 0 Å². The molecule has 0 fully saturated rings. The molecule has 0 aliphatic rings. The summed E-state index contributed by atoms with van der Waals surface area (Å²) in [5.74, 6) is 1.25. The van der Waals surface area contributed by atoms with Crippen molar-refractivity contribution in [1.82, 2.24) is 10.1 Å². The lowest BCUT2D eigenvalue weighted by Gasteiger charge is -2.02. The standard InChI is InChI=1S/C17H13FN2O2/c1-2-11-21-15-9-5-12(6-10-15)16-19-17(22-20-16)13-3-7-14(18)8-4-13/h2-10H,1,11H2. The second kappa shape index (κ2) is 6.22. The van der Waals surface area contributed by atoms with E-state index in [9.17, 15) is 4.39 Å². The topological polar surface area (TPSA) is 48.2 Å². The summed E-state index contributed by atoms with van der Waals surface area (Å²) in [5, 5.41) is 3.94. The van der Waals surface area contributed by atoms with Crippen LogP contribution in [0.2, 0.25) is 0 Å². The molecule has 4 nitrogen and oxygen atoms in total. The molecule has 0 amide bonds. The zero-order valence-electron chi connectivity index (χ0n) is 11.7. The highest BCUT2D eigenvalue weighted by atomic mass is 19.1. The van der Waals surface area contributed by atoms with Gasteiger partial charge in [-0.2, -0.15) is 4.98 Å². The highest BCUT2D eigenvalue weighted by Crippen LogP contribution is 2.24. The largest absolute Gasteiger partial charge is 0.490 e. The molecule has 0 atom stereocenters. The maximum atomic E-state index is 12.9. The van der Waals surface area contributed by atoms with Crippen molar-refractivity contribution in [2.75, 3.05) is 6.61 Å². The molecule has 1 heterocycles. The van der Waals surface area contributed by atoms with Gasteiger partial charge in [0.2, 0.25) is 5.82 Å². The summed E-state index contributed by atoms with van der Waals surface area (Å²) in [6.07, 6.45) is 1.68. The summed E-state index contributed by atoms with van der Waals surface area (Å²) in [4.78, 5) is 4.32. The summed E-state index contributed by atoms with van der Waals surface area (Å²) >= 11 is 0. The van der Waals surface area contributed by atoms with Crippen molar-refractivity contribution < 1.29 is 13.7 Å². The Bertz CT molecular complexity index is 764. The van der Waals surface area contributed by atoms with Crippen LogP contribution in [0.4, 0.5) is 4.39 Å². The predicted octanol–water partition coefficient (Wildman–Crippen LogP) is 4.11. The van der Waals surface area contributed by atoms with Gasteiger partial charge in [0.25, 0.3) is 5.89 Å². The average molecular weight is 296 g/mol. The van der Waals surface area contributed by atoms with E-state index >= 15 is 0 Å². The van der Waals surface area contributed by atoms with Crippen LogP contribution < -0.4 is 4.74 Å². The van der Waals surface area contributed by atoms with Crippen molar-refractivity contribution in [2.45, 2.75) is 0 Å². The molecule has 0 unspecified atom stereocenters. The summed E-state index contributed by atoms with van der Waals surface area (Å²) in [6.45, 7) is 4.05. The third-order valence-electron chi connectivity index (χ3n) is 3.00. The third kappa shape index (κ3) is 3.03. The molecule has 110 valence electrons. The van der Waals surface area contributed by atoms with Crippen molar-refractivity contribution >= 4 is 0 Å². The van der Waals surface area contributed by atoms with Crippen molar-refractivity contribution in [1.29, 1.82) is 0 Å². The molecule has 3 rings (SSSR count). The molecule has 0 N–H and O–H groups in total. The van der Waals surface area contributed by atoms with E-state index in [0.29, 0.717) is 23.9 Å². The Hall–Kier alpha value is -2.95.